The summed E-state index contributed by atoms with van der Waals surface area (Å²) < 4.78 is 10.5. The molecule has 0 amide bonds. The number of benzene rings is 2. The number of methoxy groups -OCH3 is 1. The van der Waals surface area contributed by atoms with Crippen molar-refractivity contribution in [3.05, 3.63) is 74.7 Å². The van der Waals surface area contributed by atoms with Crippen molar-refractivity contribution in [2.45, 2.75) is 6.61 Å². The van der Waals surface area contributed by atoms with E-state index in [1.807, 2.05) is 0 Å². The molecule has 2 rings (SSSR count). The fraction of sp³-hybridized carbons (Fsp3) is 0.133. The highest BCUT2D eigenvalue weighted by molar-refractivity contribution is 5.57. The molecule has 0 fully saturated rings. The Balaban J connectivity index is 2.24. The molecule has 0 aliphatic rings. The first-order valence-corrected chi connectivity index (χ1v) is 6.47. The largest absolute Gasteiger partial charge is 0.497 e. The number of nitro benzene ring substituents is 2. The van der Waals surface area contributed by atoms with Crippen LogP contribution in [-0.2, 0) is 6.61 Å². The van der Waals surface area contributed by atoms with E-state index < -0.39 is 21.2 Å². The summed E-state index contributed by atoms with van der Waals surface area (Å²) >= 11 is 0. The van der Waals surface area contributed by atoms with Gasteiger partial charge in [0.25, 0.3) is 11.4 Å². The molecule has 23 heavy (non-hydrogen) atoms. The van der Waals surface area contributed by atoms with Crippen LogP contribution in [0, 0.1) is 27.2 Å². The monoisotopic (exact) mass is 317 g/mol. The number of nitro groups is 2. The van der Waals surface area contributed by atoms with E-state index in [1.165, 1.54) is 19.2 Å². The number of nitrogens with zero attached hydrogens (tertiary/aromatic N) is 2. The molecular formula is C15H13N2O6. The van der Waals surface area contributed by atoms with E-state index in [9.17, 15) is 20.2 Å². The Kier molecular flexibility index (Phi) is 4.75. The summed E-state index contributed by atoms with van der Waals surface area (Å²) in [4.78, 5) is 20.6. The molecule has 0 aliphatic heterocycles. The Labute approximate surface area is 131 Å². The lowest BCUT2D eigenvalue weighted by Gasteiger charge is -2.08. The van der Waals surface area contributed by atoms with Gasteiger partial charge in [-0.1, -0.05) is 0 Å². The van der Waals surface area contributed by atoms with E-state index in [-0.39, 0.29) is 12.2 Å². The Hall–Kier alpha value is -3.16. The van der Waals surface area contributed by atoms with Crippen LogP contribution in [0.3, 0.4) is 0 Å². The molecule has 0 aliphatic carbocycles. The van der Waals surface area contributed by atoms with Gasteiger partial charge in [-0.3, -0.25) is 20.2 Å². The summed E-state index contributed by atoms with van der Waals surface area (Å²) in [6.07, 6.45) is 0. The van der Waals surface area contributed by atoms with Crippen molar-refractivity contribution in [2.75, 3.05) is 7.11 Å². The third-order valence-corrected chi connectivity index (χ3v) is 3.12. The summed E-state index contributed by atoms with van der Waals surface area (Å²) in [5, 5.41) is 22.0. The quantitative estimate of drug-likeness (QED) is 0.598. The summed E-state index contributed by atoms with van der Waals surface area (Å²) in [5.74, 6) is 1.17. The molecule has 0 saturated carbocycles. The maximum absolute atomic E-state index is 11.0. The molecule has 1 radical (unpaired) electrons. The Morgan fingerprint density at radius 3 is 1.91 bits per heavy atom. The van der Waals surface area contributed by atoms with Crippen LogP contribution in [0.4, 0.5) is 11.4 Å². The topological polar surface area (TPSA) is 105 Å². The lowest BCUT2D eigenvalue weighted by molar-refractivity contribution is -0.394. The van der Waals surface area contributed by atoms with Crippen molar-refractivity contribution in [3.8, 4) is 11.5 Å². The van der Waals surface area contributed by atoms with Gasteiger partial charge in [-0.05, 0) is 31.2 Å². The number of ether oxygens (including phenoxy) is 2. The minimum Gasteiger partial charge on any atom is -0.497 e. The molecule has 2 aromatic rings. The average molecular weight is 317 g/mol. The lowest BCUT2D eigenvalue weighted by atomic mass is 10.1. The van der Waals surface area contributed by atoms with Gasteiger partial charge in [0.1, 0.15) is 23.7 Å². The van der Waals surface area contributed by atoms with Gasteiger partial charge in [-0.15, -0.1) is 0 Å². The number of hydrogen-bond donors (Lipinski definition) is 0. The highest BCUT2D eigenvalue weighted by atomic mass is 16.6. The normalized spacial score (nSPS) is 10.2. The zero-order valence-corrected chi connectivity index (χ0v) is 12.2. The molecule has 0 atom stereocenters. The standard InChI is InChI=1S/C15H13N2O6/c1-10-14(16(18)19)7-11(8-15(10)17(20)21)9-23-13-5-3-12(22-2)4-6-13/h3-8H,1,9H2,2H3. The Morgan fingerprint density at radius 1 is 1.00 bits per heavy atom. The van der Waals surface area contributed by atoms with Crippen LogP contribution < -0.4 is 9.47 Å². The third-order valence-electron chi connectivity index (χ3n) is 3.12. The first-order valence-electron chi connectivity index (χ1n) is 6.47. The molecule has 0 spiro atoms. The van der Waals surface area contributed by atoms with E-state index in [4.69, 9.17) is 9.47 Å². The average Bonchev–Trinajstić information content (AvgIpc) is 2.53. The predicted octanol–water partition coefficient (Wildman–Crippen LogP) is 3.27. The molecule has 0 unspecified atom stereocenters. The molecule has 0 heterocycles. The van der Waals surface area contributed by atoms with Crippen molar-refractivity contribution in [2.24, 2.45) is 0 Å². The van der Waals surface area contributed by atoms with Crippen molar-refractivity contribution in [1.29, 1.82) is 0 Å². The summed E-state index contributed by atoms with van der Waals surface area (Å²) in [7, 11) is 1.54. The maximum atomic E-state index is 11.0. The smallest absolute Gasteiger partial charge is 0.279 e. The third kappa shape index (κ3) is 3.73. The van der Waals surface area contributed by atoms with Gasteiger partial charge < -0.3 is 9.47 Å². The van der Waals surface area contributed by atoms with Crippen LogP contribution >= 0.6 is 0 Å². The van der Waals surface area contributed by atoms with Gasteiger partial charge in [-0.25, -0.2) is 0 Å². The van der Waals surface area contributed by atoms with E-state index in [2.05, 4.69) is 6.92 Å². The molecule has 0 N–H and O–H groups in total. The summed E-state index contributed by atoms with van der Waals surface area (Å²) in [6.45, 7) is 3.36. The van der Waals surface area contributed by atoms with Gasteiger partial charge in [0.05, 0.1) is 17.0 Å². The molecule has 0 bridgehead atoms. The van der Waals surface area contributed by atoms with Crippen LogP contribution in [0.2, 0.25) is 0 Å². The first-order chi connectivity index (χ1) is 10.9. The van der Waals surface area contributed by atoms with Gasteiger partial charge in [0.2, 0.25) is 0 Å². The predicted molar refractivity (Wildman–Crippen MR) is 81.5 cm³/mol. The van der Waals surface area contributed by atoms with E-state index in [0.29, 0.717) is 17.1 Å². The second kappa shape index (κ2) is 6.73. The second-order valence-corrected chi connectivity index (χ2v) is 4.59. The molecule has 0 saturated heterocycles. The van der Waals surface area contributed by atoms with E-state index in [0.717, 1.165) is 0 Å². The Morgan fingerprint density at radius 2 is 1.48 bits per heavy atom. The molecule has 8 nitrogen and oxygen atoms in total. The van der Waals surface area contributed by atoms with Gasteiger partial charge >= 0.3 is 0 Å². The maximum Gasteiger partial charge on any atom is 0.279 e. The highest BCUT2D eigenvalue weighted by Gasteiger charge is 2.23. The Bertz CT molecular complexity index is 707. The van der Waals surface area contributed by atoms with Gasteiger partial charge in [0.15, 0.2) is 0 Å². The number of rotatable bonds is 6. The zero-order chi connectivity index (χ0) is 17.0. The van der Waals surface area contributed by atoms with E-state index in [1.54, 1.807) is 24.3 Å². The minimum atomic E-state index is -0.702. The van der Waals surface area contributed by atoms with Crippen molar-refractivity contribution in [3.63, 3.8) is 0 Å². The zero-order valence-electron chi connectivity index (χ0n) is 12.2. The molecule has 0 aromatic heterocycles. The fourth-order valence-electron chi connectivity index (χ4n) is 1.95. The fourth-order valence-corrected chi connectivity index (χ4v) is 1.95. The minimum absolute atomic E-state index is 0.0473. The van der Waals surface area contributed by atoms with Crippen LogP contribution in [0.25, 0.3) is 0 Å². The van der Waals surface area contributed by atoms with Crippen molar-refractivity contribution in [1.82, 2.24) is 0 Å². The highest BCUT2D eigenvalue weighted by Crippen LogP contribution is 2.30. The molecule has 2 aromatic carbocycles. The second-order valence-electron chi connectivity index (χ2n) is 4.59. The SMILES string of the molecule is [CH2]c1c([N+](=O)[O-])cc(COc2ccc(OC)cc2)cc1[N+](=O)[O-]. The molecule has 8 heteroatoms. The summed E-state index contributed by atoms with van der Waals surface area (Å²) in [6, 6.07) is 9.16. The van der Waals surface area contributed by atoms with Crippen molar-refractivity contribution >= 4 is 11.4 Å². The van der Waals surface area contributed by atoms with Gasteiger partial charge in [0, 0.05) is 17.7 Å². The number of hydrogen-bond acceptors (Lipinski definition) is 6. The van der Waals surface area contributed by atoms with Crippen LogP contribution in [0.1, 0.15) is 11.1 Å². The summed E-state index contributed by atoms with van der Waals surface area (Å²) in [5.41, 5.74) is -0.736. The molecule has 119 valence electrons. The van der Waals surface area contributed by atoms with Gasteiger partial charge in [-0.2, -0.15) is 0 Å². The van der Waals surface area contributed by atoms with Crippen LogP contribution in [0.15, 0.2) is 36.4 Å². The lowest BCUT2D eigenvalue weighted by Crippen LogP contribution is -2.02. The van der Waals surface area contributed by atoms with E-state index >= 15 is 0 Å². The van der Waals surface area contributed by atoms with Crippen LogP contribution in [-0.4, -0.2) is 17.0 Å². The molecular weight excluding hydrogens is 304 g/mol. The first kappa shape index (κ1) is 16.2. The van der Waals surface area contributed by atoms with Crippen molar-refractivity contribution < 1.29 is 19.3 Å². The van der Waals surface area contributed by atoms with Crippen LogP contribution in [0.5, 0.6) is 11.5 Å².